The zero-order chi connectivity index (χ0) is 16.5. The number of alkyl halides is 6. The van der Waals surface area contributed by atoms with E-state index in [2.05, 4.69) is 4.74 Å². The summed E-state index contributed by atoms with van der Waals surface area (Å²) in [5.41, 5.74) is 3.74. The summed E-state index contributed by atoms with van der Waals surface area (Å²) in [5.74, 6) is -0.520. The number of hydrogen-bond acceptors (Lipinski definition) is 2. The molecule has 118 valence electrons. The minimum Gasteiger partial charge on any atom is -0.406 e. The average molecular weight is 321 g/mol. The van der Waals surface area contributed by atoms with Gasteiger partial charge in [0.05, 0.1) is 5.56 Å². The van der Waals surface area contributed by atoms with Gasteiger partial charge in [0, 0.05) is 5.69 Å². The van der Waals surface area contributed by atoms with E-state index in [9.17, 15) is 26.3 Å². The van der Waals surface area contributed by atoms with Crippen molar-refractivity contribution in [3.05, 3.63) is 48.0 Å². The molecule has 0 aliphatic rings. The SMILES string of the molecule is Nc1cccc(-c2ccc(OC(F)(F)F)cc2)c1C(F)(F)F. The van der Waals surface area contributed by atoms with Crippen LogP contribution in [-0.2, 0) is 6.18 Å². The van der Waals surface area contributed by atoms with Crippen molar-refractivity contribution < 1.29 is 31.1 Å². The predicted octanol–water partition coefficient (Wildman–Crippen LogP) is 4.85. The quantitative estimate of drug-likeness (QED) is 0.634. The van der Waals surface area contributed by atoms with Gasteiger partial charge in [-0.15, -0.1) is 13.2 Å². The second-order valence-corrected chi connectivity index (χ2v) is 4.34. The lowest BCUT2D eigenvalue weighted by Gasteiger charge is -2.16. The van der Waals surface area contributed by atoms with Crippen LogP contribution >= 0.6 is 0 Å². The maximum Gasteiger partial charge on any atom is 0.573 e. The van der Waals surface area contributed by atoms with Crippen molar-refractivity contribution in [2.45, 2.75) is 12.5 Å². The summed E-state index contributed by atoms with van der Waals surface area (Å²) >= 11 is 0. The summed E-state index contributed by atoms with van der Waals surface area (Å²) in [6.07, 6.45) is -9.54. The molecule has 0 aliphatic carbocycles. The Morgan fingerprint density at radius 1 is 0.818 bits per heavy atom. The van der Waals surface area contributed by atoms with Crippen LogP contribution in [0.5, 0.6) is 5.75 Å². The monoisotopic (exact) mass is 321 g/mol. The third kappa shape index (κ3) is 3.63. The van der Waals surface area contributed by atoms with Gasteiger partial charge < -0.3 is 10.5 Å². The Labute approximate surface area is 121 Å². The topological polar surface area (TPSA) is 35.2 Å². The van der Waals surface area contributed by atoms with Crippen LogP contribution in [-0.4, -0.2) is 6.36 Å². The van der Waals surface area contributed by atoms with E-state index in [0.29, 0.717) is 0 Å². The fourth-order valence-electron chi connectivity index (χ4n) is 1.96. The minimum atomic E-state index is -4.87. The molecule has 0 aliphatic heterocycles. The van der Waals surface area contributed by atoms with E-state index in [0.717, 1.165) is 30.3 Å². The molecule has 0 spiro atoms. The first-order valence-electron chi connectivity index (χ1n) is 5.90. The van der Waals surface area contributed by atoms with Crippen LogP contribution in [0.1, 0.15) is 5.56 Å². The average Bonchev–Trinajstić information content (AvgIpc) is 2.36. The van der Waals surface area contributed by atoms with Gasteiger partial charge in [0.15, 0.2) is 0 Å². The fraction of sp³-hybridized carbons (Fsp3) is 0.143. The summed E-state index contributed by atoms with van der Waals surface area (Å²) in [5, 5.41) is 0. The fourth-order valence-corrected chi connectivity index (χ4v) is 1.96. The van der Waals surface area contributed by atoms with Gasteiger partial charge in [0.25, 0.3) is 0 Å². The summed E-state index contributed by atoms with van der Waals surface area (Å²) in [7, 11) is 0. The lowest BCUT2D eigenvalue weighted by molar-refractivity contribution is -0.274. The molecule has 0 bridgehead atoms. The summed E-state index contributed by atoms with van der Waals surface area (Å²) < 4.78 is 78.9. The van der Waals surface area contributed by atoms with Crippen LogP contribution in [0.4, 0.5) is 32.0 Å². The minimum absolute atomic E-state index is 0.0779. The molecule has 2 aromatic carbocycles. The Kier molecular flexibility index (Phi) is 3.95. The molecule has 0 amide bonds. The zero-order valence-electron chi connectivity index (χ0n) is 10.8. The number of nitrogens with two attached hydrogens (primary N) is 1. The van der Waals surface area contributed by atoms with Crippen LogP contribution in [0.2, 0.25) is 0 Å². The van der Waals surface area contributed by atoms with E-state index in [1.165, 1.54) is 12.1 Å². The molecule has 0 saturated carbocycles. The Hall–Kier alpha value is -2.38. The highest BCUT2D eigenvalue weighted by Gasteiger charge is 2.36. The Morgan fingerprint density at radius 3 is 1.91 bits per heavy atom. The number of anilines is 1. The molecule has 0 fully saturated rings. The number of hydrogen-bond donors (Lipinski definition) is 1. The van der Waals surface area contributed by atoms with E-state index in [1.54, 1.807) is 0 Å². The summed E-state index contributed by atoms with van der Waals surface area (Å²) in [4.78, 5) is 0. The van der Waals surface area contributed by atoms with E-state index < -0.39 is 29.5 Å². The van der Waals surface area contributed by atoms with Gasteiger partial charge in [-0.05, 0) is 29.3 Å². The van der Waals surface area contributed by atoms with E-state index in [4.69, 9.17) is 5.73 Å². The number of halogens is 6. The van der Waals surface area contributed by atoms with Gasteiger partial charge in [0.2, 0.25) is 0 Å². The van der Waals surface area contributed by atoms with Gasteiger partial charge in [0.1, 0.15) is 5.75 Å². The molecular formula is C14H9F6NO. The summed E-state index contributed by atoms with van der Waals surface area (Å²) in [6.45, 7) is 0. The first-order chi connectivity index (χ1) is 10.1. The molecule has 2 nitrogen and oxygen atoms in total. The smallest absolute Gasteiger partial charge is 0.406 e. The van der Waals surface area contributed by atoms with Crippen molar-refractivity contribution >= 4 is 5.69 Å². The lowest BCUT2D eigenvalue weighted by Crippen LogP contribution is -2.17. The Morgan fingerprint density at radius 2 is 1.41 bits per heavy atom. The normalized spacial score (nSPS) is 12.3. The molecule has 22 heavy (non-hydrogen) atoms. The van der Waals surface area contributed by atoms with Gasteiger partial charge in [-0.2, -0.15) is 13.2 Å². The van der Waals surface area contributed by atoms with Crippen molar-refractivity contribution in [2.75, 3.05) is 5.73 Å². The van der Waals surface area contributed by atoms with E-state index >= 15 is 0 Å². The summed E-state index contributed by atoms with van der Waals surface area (Å²) in [6, 6.07) is 7.71. The number of nitrogen functional groups attached to an aromatic ring is 1. The van der Waals surface area contributed by atoms with Crippen molar-refractivity contribution in [1.29, 1.82) is 0 Å². The largest absolute Gasteiger partial charge is 0.573 e. The molecule has 2 aromatic rings. The van der Waals surface area contributed by atoms with E-state index in [-0.39, 0.29) is 11.1 Å². The van der Waals surface area contributed by atoms with Crippen LogP contribution < -0.4 is 10.5 Å². The maximum atomic E-state index is 13.0. The van der Waals surface area contributed by atoms with Crippen molar-refractivity contribution in [3.63, 3.8) is 0 Å². The molecule has 0 heterocycles. The first-order valence-corrected chi connectivity index (χ1v) is 5.90. The maximum absolute atomic E-state index is 13.0. The second kappa shape index (κ2) is 5.43. The van der Waals surface area contributed by atoms with Crippen LogP contribution in [0.15, 0.2) is 42.5 Å². The third-order valence-corrected chi connectivity index (χ3v) is 2.78. The molecule has 0 saturated heterocycles. The van der Waals surface area contributed by atoms with Crippen LogP contribution in [0.3, 0.4) is 0 Å². The number of rotatable bonds is 2. The standard InChI is InChI=1S/C14H9F6NO/c15-13(16,17)12-10(2-1-3-11(12)21)8-4-6-9(7-5-8)22-14(18,19)20/h1-7H,21H2. The van der Waals surface area contributed by atoms with Gasteiger partial charge in [-0.25, -0.2) is 0 Å². The van der Waals surface area contributed by atoms with Crippen molar-refractivity contribution in [3.8, 4) is 16.9 Å². The highest BCUT2D eigenvalue weighted by Crippen LogP contribution is 2.41. The van der Waals surface area contributed by atoms with Gasteiger partial charge >= 0.3 is 12.5 Å². The highest BCUT2D eigenvalue weighted by molar-refractivity contribution is 5.74. The van der Waals surface area contributed by atoms with Gasteiger partial charge in [-0.3, -0.25) is 0 Å². The molecule has 8 heteroatoms. The molecule has 2 rings (SSSR count). The molecule has 0 radical (unpaired) electrons. The number of ether oxygens (including phenoxy) is 1. The lowest BCUT2D eigenvalue weighted by atomic mass is 9.98. The molecular weight excluding hydrogens is 312 g/mol. The van der Waals surface area contributed by atoms with E-state index in [1.807, 2.05) is 0 Å². The Balaban J connectivity index is 2.43. The Bertz CT molecular complexity index is 661. The first kappa shape index (κ1) is 16.0. The molecule has 2 N–H and O–H groups in total. The van der Waals surface area contributed by atoms with Crippen molar-refractivity contribution in [1.82, 2.24) is 0 Å². The second-order valence-electron chi connectivity index (χ2n) is 4.34. The number of benzene rings is 2. The predicted molar refractivity (Wildman–Crippen MR) is 68.0 cm³/mol. The highest BCUT2D eigenvalue weighted by atomic mass is 19.4. The van der Waals surface area contributed by atoms with Crippen LogP contribution in [0, 0.1) is 0 Å². The third-order valence-electron chi connectivity index (χ3n) is 2.78. The van der Waals surface area contributed by atoms with Crippen molar-refractivity contribution in [2.24, 2.45) is 0 Å². The van der Waals surface area contributed by atoms with Crippen LogP contribution in [0.25, 0.3) is 11.1 Å². The zero-order valence-corrected chi connectivity index (χ0v) is 10.8. The molecule has 0 atom stereocenters. The van der Waals surface area contributed by atoms with Gasteiger partial charge in [-0.1, -0.05) is 24.3 Å². The molecule has 0 unspecified atom stereocenters. The molecule has 0 aromatic heterocycles.